The Balaban J connectivity index is 1.67. The van der Waals surface area contributed by atoms with Gasteiger partial charge in [-0.2, -0.15) is 4.98 Å². The third-order valence-electron chi connectivity index (χ3n) is 3.79. The summed E-state index contributed by atoms with van der Waals surface area (Å²) in [6.45, 7) is 5.66. The highest BCUT2D eigenvalue weighted by molar-refractivity contribution is 5.92. The van der Waals surface area contributed by atoms with Crippen LogP contribution >= 0.6 is 0 Å². The van der Waals surface area contributed by atoms with E-state index < -0.39 is 0 Å². The van der Waals surface area contributed by atoms with Gasteiger partial charge < -0.3 is 14.6 Å². The molecule has 1 aromatic heterocycles. The molecule has 1 N–H and O–H groups in total. The Kier molecular flexibility index (Phi) is 4.79. The van der Waals surface area contributed by atoms with Gasteiger partial charge >= 0.3 is 0 Å². The Morgan fingerprint density at radius 1 is 1.12 bits per heavy atom. The summed E-state index contributed by atoms with van der Waals surface area (Å²) in [5.74, 6) is 1.18. The van der Waals surface area contributed by atoms with Crippen LogP contribution in [0.15, 0.2) is 47.0 Å². The lowest BCUT2D eigenvalue weighted by molar-refractivity contribution is -0.118. The van der Waals surface area contributed by atoms with E-state index >= 15 is 0 Å². The number of aromatic nitrogens is 2. The van der Waals surface area contributed by atoms with E-state index in [0.29, 0.717) is 23.0 Å². The first-order chi connectivity index (χ1) is 12.0. The van der Waals surface area contributed by atoms with Gasteiger partial charge in [0.2, 0.25) is 0 Å². The number of nitrogens with one attached hydrogen (secondary N) is 1. The first-order valence-electron chi connectivity index (χ1n) is 7.92. The number of carbonyl (C=O) groups is 1. The molecule has 0 atom stereocenters. The molecule has 2 aromatic carbocycles. The van der Waals surface area contributed by atoms with E-state index in [4.69, 9.17) is 9.26 Å². The van der Waals surface area contributed by atoms with Crippen LogP contribution in [0.5, 0.6) is 5.75 Å². The summed E-state index contributed by atoms with van der Waals surface area (Å²) in [5.41, 5.74) is 3.70. The number of anilines is 1. The summed E-state index contributed by atoms with van der Waals surface area (Å²) < 4.78 is 10.8. The van der Waals surface area contributed by atoms with Crippen LogP contribution in [0.4, 0.5) is 5.69 Å². The van der Waals surface area contributed by atoms with E-state index in [1.807, 2.05) is 50.2 Å². The summed E-state index contributed by atoms with van der Waals surface area (Å²) in [6.07, 6.45) is 0. The van der Waals surface area contributed by atoms with Crippen LogP contribution in [-0.4, -0.2) is 22.7 Å². The van der Waals surface area contributed by atoms with Gasteiger partial charge in [0.1, 0.15) is 5.75 Å². The number of hydrogen-bond donors (Lipinski definition) is 1. The molecule has 0 saturated carbocycles. The highest BCUT2D eigenvalue weighted by Crippen LogP contribution is 2.28. The molecule has 128 valence electrons. The second-order valence-electron chi connectivity index (χ2n) is 5.78. The smallest absolute Gasteiger partial charge is 0.262 e. The predicted octanol–water partition coefficient (Wildman–Crippen LogP) is 3.68. The predicted molar refractivity (Wildman–Crippen MR) is 94.5 cm³/mol. The molecule has 1 amide bonds. The zero-order valence-electron chi connectivity index (χ0n) is 14.4. The monoisotopic (exact) mass is 337 g/mol. The van der Waals surface area contributed by atoms with Gasteiger partial charge in [0.25, 0.3) is 11.8 Å². The van der Waals surface area contributed by atoms with Crippen LogP contribution in [0, 0.1) is 20.8 Å². The van der Waals surface area contributed by atoms with Crippen LogP contribution in [0.1, 0.15) is 17.0 Å². The molecule has 6 nitrogen and oxygen atoms in total. The molecule has 6 heteroatoms. The minimum atomic E-state index is -0.236. The standard InChI is InChI=1S/C19H19N3O3/c1-12-8-9-15(10-13(12)2)21-18(23)11-24-17-7-5-4-6-16(17)19-20-14(3)22-25-19/h4-10H,11H2,1-3H3,(H,21,23). The van der Waals surface area contributed by atoms with Gasteiger partial charge in [-0.05, 0) is 56.2 Å². The summed E-state index contributed by atoms with van der Waals surface area (Å²) in [4.78, 5) is 16.3. The molecule has 0 aliphatic rings. The third kappa shape index (κ3) is 4.03. The van der Waals surface area contributed by atoms with E-state index in [1.54, 1.807) is 13.0 Å². The SMILES string of the molecule is Cc1noc(-c2ccccc2OCC(=O)Nc2ccc(C)c(C)c2)n1. The van der Waals surface area contributed by atoms with Gasteiger partial charge in [0.15, 0.2) is 12.4 Å². The molecule has 0 spiro atoms. The zero-order chi connectivity index (χ0) is 17.8. The fraction of sp³-hybridized carbons (Fsp3) is 0.211. The molecule has 0 radical (unpaired) electrons. The normalized spacial score (nSPS) is 10.5. The van der Waals surface area contributed by atoms with Crippen molar-refractivity contribution in [3.8, 4) is 17.2 Å². The Morgan fingerprint density at radius 2 is 1.92 bits per heavy atom. The molecule has 0 saturated heterocycles. The minimum absolute atomic E-state index is 0.114. The lowest BCUT2D eigenvalue weighted by Gasteiger charge is -2.10. The van der Waals surface area contributed by atoms with Gasteiger partial charge in [-0.1, -0.05) is 23.4 Å². The number of nitrogens with zero attached hydrogens (tertiary/aromatic N) is 2. The average Bonchev–Trinajstić information content (AvgIpc) is 3.03. The number of para-hydroxylation sites is 1. The largest absolute Gasteiger partial charge is 0.483 e. The van der Waals surface area contributed by atoms with Crippen molar-refractivity contribution in [2.75, 3.05) is 11.9 Å². The van der Waals surface area contributed by atoms with Gasteiger partial charge in [-0.25, -0.2) is 0 Å². The summed E-state index contributed by atoms with van der Waals surface area (Å²) in [5, 5.41) is 6.61. The van der Waals surface area contributed by atoms with Gasteiger partial charge in [0, 0.05) is 5.69 Å². The first-order valence-corrected chi connectivity index (χ1v) is 7.92. The van der Waals surface area contributed by atoms with Crippen LogP contribution in [-0.2, 0) is 4.79 Å². The Hall–Kier alpha value is -3.15. The molecule has 3 aromatic rings. The van der Waals surface area contributed by atoms with Crippen molar-refractivity contribution in [2.24, 2.45) is 0 Å². The maximum Gasteiger partial charge on any atom is 0.262 e. The first kappa shape index (κ1) is 16.7. The van der Waals surface area contributed by atoms with Crippen LogP contribution < -0.4 is 10.1 Å². The van der Waals surface area contributed by atoms with E-state index in [-0.39, 0.29) is 12.5 Å². The van der Waals surface area contributed by atoms with Crippen LogP contribution in [0.2, 0.25) is 0 Å². The highest BCUT2D eigenvalue weighted by atomic mass is 16.5. The van der Waals surface area contributed by atoms with Crippen molar-refractivity contribution >= 4 is 11.6 Å². The summed E-state index contributed by atoms with van der Waals surface area (Å²) >= 11 is 0. The average molecular weight is 337 g/mol. The van der Waals surface area contributed by atoms with Gasteiger partial charge in [-0.15, -0.1) is 0 Å². The van der Waals surface area contributed by atoms with E-state index in [2.05, 4.69) is 15.5 Å². The molecule has 0 fully saturated rings. The van der Waals surface area contributed by atoms with Gasteiger partial charge in [-0.3, -0.25) is 4.79 Å². The Morgan fingerprint density at radius 3 is 2.64 bits per heavy atom. The van der Waals surface area contributed by atoms with Crippen molar-refractivity contribution in [3.05, 3.63) is 59.4 Å². The Labute approximate surface area is 145 Å². The Bertz CT molecular complexity index is 902. The summed E-state index contributed by atoms with van der Waals surface area (Å²) in [6, 6.07) is 13.0. The fourth-order valence-electron chi connectivity index (χ4n) is 2.34. The second-order valence-corrected chi connectivity index (χ2v) is 5.78. The molecule has 0 unspecified atom stereocenters. The van der Waals surface area contributed by atoms with E-state index in [0.717, 1.165) is 11.3 Å². The van der Waals surface area contributed by atoms with Crippen LogP contribution in [0.3, 0.4) is 0 Å². The highest BCUT2D eigenvalue weighted by Gasteiger charge is 2.13. The molecule has 3 rings (SSSR count). The number of benzene rings is 2. The number of carbonyl (C=O) groups excluding carboxylic acids is 1. The van der Waals surface area contributed by atoms with E-state index in [9.17, 15) is 4.79 Å². The molecule has 0 aliphatic carbocycles. The molecule has 0 aliphatic heterocycles. The molecule has 25 heavy (non-hydrogen) atoms. The molecule has 0 bridgehead atoms. The topological polar surface area (TPSA) is 77.2 Å². The number of hydrogen-bond acceptors (Lipinski definition) is 5. The maximum atomic E-state index is 12.1. The molecule has 1 heterocycles. The fourth-order valence-corrected chi connectivity index (χ4v) is 2.34. The van der Waals surface area contributed by atoms with Crippen molar-refractivity contribution in [2.45, 2.75) is 20.8 Å². The number of aryl methyl sites for hydroxylation is 3. The van der Waals surface area contributed by atoms with Crippen molar-refractivity contribution in [3.63, 3.8) is 0 Å². The van der Waals surface area contributed by atoms with Crippen molar-refractivity contribution in [1.82, 2.24) is 10.1 Å². The molecular formula is C19H19N3O3. The molecular weight excluding hydrogens is 318 g/mol. The minimum Gasteiger partial charge on any atom is -0.483 e. The summed E-state index contributed by atoms with van der Waals surface area (Å²) in [7, 11) is 0. The van der Waals surface area contributed by atoms with E-state index in [1.165, 1.54) is 5.56 Å². The van der Waals surface area contributed by atoms with Crippen molar-refractivity contribution < 1.29 is 14.1 Å². The van der Waals surface area contributed by atoms with Crippen molar-refractivity contribution in [1.29, 1.82) is 0 Å². The maximum absolute atomic E-state index is 12.1. The quantitative estimate of drug-likeness (QED) is 0.768. The third-order valence-corrected chi connectivity index (χ3v) is 3.79. The second kappa shape index (κ2) is 7.17. The zero-order valence-corrected chi connectivity index (χ0v) is 14.4. The number of amides is 1. The lowest BCUT2D eigenvalue weighted by atomic mass is 10.1. The number of rotatable bonds is 5. The number of ether oxygens (including phenoxy) is 1. The van der Waals surface area contributed by atoms with Crippen LogP contribution in [0.25, 0.3) is 11.5 Å². The van der Waals surface area contributed by atoms with Gasteiger partial charge in [0.05, 0.1) is 5.56 Å². The lowest BCUT2D eigenvalue weighted by Crippen LogP contribution is -2.20.